The highest BCUT2D eigenvalue weighted by molar-refractivity contribution is 5.76. The van der Waals surface area contributed by atoms with Gasteiger partial charge in [-0.25, -0.2) is 0 Å². The summed E-state index contributed by atoms with van der Waals surface area (Å²) in [4.78, 5) is 15.5. The van der Waals surface area contributed by atoms with Crippen molar-refractivity contribution in [1.29, 1.82) is 0 Å². The Morgan fingerprint density at radius 2 is 2.18 bits per heavy atom. The zero-order valence-electron chi connectivity index (χ0n) is 12.6. The van der Waals surface area contributed by atoms with Gasteiger partial charge in [0.2, 0.25) is 11.7 Å². The van der Waals surface area contributed by atoms with Gasteiger partial charge >= 0.3 is 0 Å². The molecule has 1 aliphatic heterocycles. The molecular weight excluding hydrogens is 280 g/mol. The number of likely N-dealkylation sites (tertiary alicyclic amines) is 1. The van der Waals surface area contributed by atoms with Gasteiger partial charge in [0.1, 0.15) is 6.54 Å². The van der Waals surface area contributed by atoms with Crippen LogP contribution in [0.5, 0.6) is 0 Å². The van der Waals surface area contributed by atoms with Crippen LogP contribution in [0.2, 0.25) is 0 Å². The van der Waals surface area contributed by atoms with Crippen molar-refractivity contribution in [2.24, 2.45) is 5.92 Å². The third-order valence-corrected chi connectivity index (χ3v) is 3.89. The fourth-order valence-corrected chi connectivity index (χ4v) is 2.75. The molecule has 1 amide bonds. The third kappa shape index (κ3) is 3.30. The Morgan fingerprint density at radius 1 is 1.36 bits per heavy atom. The highest BCUT2D eigenvalue weighted by Crippen LogP contribution is 2.16. The van der Waals surface area contributed by atoms with E-state index < -0.39 is 0 Å². The molecule has 7 nitrogen and oxygen atoms in total. The van der Waals surface area contributed by atoms with Gasteiger partial charge in [-0.3, -0.25) is 4.79 Å². The lowest BCUT2D eigenvalue weighted by atomic mass is 10.1. The maximum absolute atomic E-state index is 12.3. The van der Waals surface area contributed by atoms with Crippen LogP contribution in [0.1, 0.15) is 6.42 Å². The second-order valence-electron chi connectivity index (χ2n) is 5.56. The van der Waals surface area contributed by atoms with Gasteiger partial charge in [0.15, 0.2) is 0 Å². The summed E-state index contributed by atoms with van der Waals surface area (Å²) in [5.74, 6) is 1.14. The lowest BCUT2D eigenvalue weighted by molar-refractivity contribution is -0.131. The minimum Gasteiger partial charge on any atom is -0.341 e. The molecular formula is C15H20N6O. The number of hydrogen-bond acceptors (Lipinski definition) is 5. The molecule has 1 unspecified atom stereocenters. The van der Waals surface area contributed by atoms with E-state index in [-0.39, 0.29) is 12.5 Å². The Balaban J connectivity index is 1.60. The van der Waals surface area contributed by atoms with Gasteiger partial charge in [-0.05, 0) is 31.1 Å². The Kier molecular flexibility index (Phi) is 4.43. The van der Waals surface area contributed by atoms with Crippen molar-refractivity contribution < 1.29 is 4.79 Å². The molecule has 0 aliphatic carbocycles. The van der Waals surface area contributed by atoms with Gasteiger partial charge in [-0.1, -0.05) is 30.3 Å². The average Bonchev–Trinajstić information content (AvgIpc) is 3.18. The highest BCUT2D eigenvalue weighted by Gasteiger charge is 2.26. The van der Waals surface area contributed by atoms with Crippen LogP contribution in [-0.2, 0) is 11.3 Å². The van der Waals surface area contributed by atoms with E-state index in [4.69, 9.17) is 0 Å². The lowest BCUT2D eigenvalue weighted by Gasteiger charge is -2.15. The van der Waals surface area contributed by atoms with Crippen molar-refractivity contribution in [3.63, 3.8) is 0 Å². The number of rotatable bonds is 5. The van der Waals surface area contributed by atoms with Crippen LogP contribution in [0.25, 0.3) is 11.4 Å². The first kappa shape index (κ1) is 14.6. The Hall–Kier alpha value is -2.28. The second-order valence-corrected chi connectivity index (χ2v) is 5.56. The van der Waals surface area contributed by atoms with Crippen LogP contribution in [0, 0.1) is 5.92 Å². The molecule has 1 aromatic carbocycles. The summed E-state index contributed by atoms with van der Waals surface area (Å²) >= 11 is 0. The second kappa shape index (κ2) is 6.65. The number of carbonyl (C=O) groups is 1. The molecule has 0 saturated carbocycles. The van der Waals surface area contributed by atoms with Gasteiger partial charge in [0, 0.05) is 18.7 Å². The largest absolute Gasteiger partial charge is 0.341 e. The molecule has 116 valence electrons. The summed E-state index contributed by atoms with van der Waals surface area (Å²) in [6.07, 6.45) is 1.05. The summed E-state index contributed by atoms with van der Waals surface area (Å²) in [6.45, 7) is 2.71. The summed E-state index contributed by atoms with van der Waals surface area (Å²) < 4.78 is 0. The van der Waals surface area contributed by atoms with Gasteiger partial charge in [0.05, 0.1) is 0 Å². The van der Waals surface area contributed by atoms with Crippen LogP contribution >= 0.6 is 0 Å². The van der Waals surface area contributed by atoms with Gasteiger partial charge in [-0.2, -0.15) is 4.80 Å². The fourth-order valence-electron chi connectivity index (χ4n) is 2.75. The molecule has 1 aliphatic rings. The Bertz CT molecular complexity index is 626. The zero-order valence-corrected chi connectivity index (χ0v) is 12.6. The first-order chi connectivity index (χ1) is 10.8. The third-order valence-electron chi connectivity index (χ3n) is 3.89. The van der Waals surface area contributed by atoms with Crippen molar-refractivity contribution in [2.45, 2.75) is 13.0 Å². The van der Waals surface area contributed by atoms with E-state index in [1.54, 1.807) is 0 Å². The highest BCUT2D eigenvalue weighted by atomic mass is 16.2. The molecule has 22 heavy (non-hydrogen) atoms. The van der Waals surface area contributed by atoms with E-state index >= 15 is 0 Å². The minimum atomic E-state index is 0.0515. The molecule has 1 atom stereocenters. The molecule has 1 saturated heterocycles. The molecule has 3 rings (SSSR count). The van der Waals surface area contributed by atoms with E-state index in [9.17, 15) is 4.79 Å². The van der Waals surface area contributed by atoms with Crippen LogP contribution < -0.4 is 5.32 Å². The molecule has 0 spiro atoms. The number of tetrazole rings is 1. The molecule has 0 bridgehead atoms. The van der Waals surface area contributed by atoms with E-state index in [0.29, 0.717) is 11.7 Å². The fraction of sp³-hybridized carbons (Fsp3) is 0.467. The van der Waals surface area contributed by atoms with Crippen LogP contribution in [0.4, 0.5) is 0 Å². The number of amides is 1. The zero-order chi connectivity index (χ0) is 15.4. The van der Waals surface area contributed by atoms with E-state index in [0.717, 1.165) is 31.6 Å². The lowest BCUT2D eigenvalue weighted by Crippen LogP contribution is -2.33. The average molecular weight is 300 g/mol. The minimum absolute atomic E-state index is 0.0515. The number of benzene rings is 1. The predicted molar refractivity (Wildman–Crippen MR) is 81.9 cm³/mol. The molecule has 2 heterocycles. The summed E-state index contributed by atoms with van der Waals surface area (Å²) in [7, 11) is 1.94. The quantitative estimate of drug-likeness (QED) is 0.865. The molecule has 0 radical (unpaired) electrons. The molecule has 1 N–H and O–H groups in total. The van der Waals surface area contributed by atoms with Crippen LogP contribution in [0.15, 0.2) is 30.3 Å². The van der Waals surface area contributed by atoms with E-state index in [1.807, 2.05) is 42.3 Å². The first-order valence-electron chi connectivity index (χ1n) is 7.52. The smallest absolute Gasteiger partial charge is 0.246 e. The van der Waals surface area contributed by atoms with Crippen LogP contribution in [0.3, 0.4) is 0 Å². The maximum Gasteiger partial charge on any atom is 0.246 e. The van der Waals surface area contributed by atoms with Gasteiger partial charge in [0.25, 0.3) is 0 Å². The van der Waals surface area contributed by atoms with Crippen molar-refractivity contribution in [2.75, 3.05) is 26.7 Å². The van der Waals surface area contributed by atoms with Crippen molar-refractivity contribution in [1.82, 2.24) is 30.4 Å². The van der Waals surface area contributed by atoms with Crippen molar-refractivity contribution >= 4 is 5.91 Å². The number of carbonyl (C=O) groups excluding carboxylic acids is 1. The standard InChI is InChI=1S/C15H20N6O/c1-16-9-12-7-8-20(10-12)14(22)11-21-18-15(17-19-21)13-5-3-2-4-6-13/h2-6,12,16H,7-11H2,1H3. The monoisotopic (exact) mass is 300 g/mol. The number of nitrogens with zero attached hydrogens (tertiary/aromatic N) is 5. The van der Waals surface area contributed by atoms with Crippen molar-refractivity contribution in [3.05, 3.63) is 30.3 Å². The first-order valence-corrected chi connectivity index (χ1v) is 7.52. The molecule has 1 aromatic heterocycles. The van der Waals surface area contributed by atoms with Gasteiger partial charge in [-0.15, -0.1) is 10.2 Å². The van der Waals surface area contributed by atoms with Gasteiger partial charge < -0.3 is 10.2 Å². The normalized spacial score (nSPS) is 17.9. The summed E-state index contributed by atoms with van der Waals surface area (Å²) in [5.41, 5.74) is 0.899. The van der Waals surface area contributed by atoms with Crippen LogP contribution in [-0.4, -0.2) is 57.7 Å². The summed E-state index contributed by atoms with van der Waals surface area (Å²) in [5, 5.41) is 15.4. The Labute approximate surface area is 129 Å². The molecule has 7 heteroatoms. The van der Waals surface area contributed by atoms with E-state index in [1.165, 1.54) is 4.80 Å². The number of nitrogens with one attached hydrogen (secondary N) is 1. The Morgan fingerprint density at radius 3 is 2.95 bits per heavy atom. The predicted octanol–water partition coefficient (Wildman–Crippen LogP) is 0.408. The molecule has 2 aromatic rings. The number of aromatic nitrogens is 4. The maximum atomic E-state index is 12.3. The SMILES string of the molecule is CNCC1CCN(C(=O)Cn2nnc(-c3ccccc3)n2)C1. The number of hydrogen-bond donors (Lipinski definition) is 1. The topological polar surface area (TPSA) is 75.9 Å². The molecule has 1 fully saturated rings. The summed E-state index contributed by atoms with van der Waals surface area (Å²) in [6, 6.07) is 9.63. The van der Waals surface area contributed by atoms with E-state index in [2.05, 4.69) is 20.7 Å². The van der Waals surface area contributed by atoms with Crippen molar-refractivity contribution in [3.8, 4) is 11.4 Å².